The number of amides is 2. The first-order valence-electron chi connectivity index (χ1n) is 11.3. The molecule has 0 saturated heterocycles. The average molecular weight is 462 g/mol. The molecule has 176 valence electrons. The Morgan fingerprint density at radius 2 is 1.82 bits per heavy atom. The van der Waals surface area contributed by atoms with Gasteiger partial charge in [0.1, 0.15) is 5.82 Å². The summed E-state index contributed by atoms with van der Waals surface area (Å²) in [5, 5.41) is 5.72. The molecule has 0 bridgehead atoms. The van der Waals surface area contributed by atoms with Gasteiger partial charge in [-0.3, -0.25) is 9.59 Å². The molecule has 0 atom stereocenters. The van der Waals surface area contributed by atoms with Crippen molar-refractivity contribution in [3.63, 3.8) is 0 Å². The third-order valence-electron chi connectivity index (χ3n) is 5.87. The molecule has 0 unspecified atom stereocenters. The van der Waals surface area contributed by atoms with Crippen LogP contribution in [-0.2, 0) is 17.7 Å². The topological polar surface area (TPSA) is 70.7 Å². The van der Waals surface area contributed by atoms with Gasteiger partial charge in [0.2, 0.25) is 0 Å². The normalized spacial score (nSPS) is 12.7. The molecule has 2 amide bonds. The first-order chi connectivity index (χ1) is 16.5. The highest BCUT2D eigenvalue weighted by atomic mass is 19.1. The number of methoxy groups -OCH3 is 1. The van der Waals surface area contributed by atoms with Crippen molar-refractivity contribution in [2.24, 2.45) is 0 Å². The molecule has 3 aromatic carbocycles. The number of anilines is 2. The number of rotatable bonds is 8. The number of fused-ring (bicyclic) bond motifs is 1. The lowest BCUT2D eigenvalue weighted by Gasteiger charge is -2.32. The molecular formula is C27H28FN3O3. The van der Waals surface area contributed by atoms with Gasteiger partial charge in [-0.2, -0.15) is 0 Å². The van der Waals surface area contributed by atoms with Crippen molar-refractivity contribution >= 4 is 23.2 Å². The molecule has 1 aliphatic rings. The van der Waals surface area contributed by atoms with Gasteiger partial charge in [-0.25, -0.2) is 4.39 Å². The van der Waals surface area contributed by atoms with Gasteiger partial charge < -0.3 is 20.3 Å². The molecule has 34 heavy (non-hydrogen) atoms. The lowest BCUT2D eigenvalue weighted by molar-refractivity contribution is 0.0947. The first kappa shape index (κ1) is 23.4. The van der Waals surface area contributed by atoms with Gasteiger partial charge in [0.05, 0.1) is 5.56 Å². The number of benzene rings is 3. The number of halogens is 1. The minimum atomic E-state index is -0.482. The number of ether oxygens (including phenoxy) is 1. The van der Waals surface area contributed by atoms with E-state index in [1.807, 2.05) is 18.2 Å². The Morgan fingerprint density at radius 3 is 2.62 bits per heavy atom. The Labute approximate surface area is 198 Å². The summed E-state index contributed by atoms with van der Waals surface area (Å²) in [6.07, 6.45) is 1.59. The quantitative estimate of drug-likeness (QED) is 0.488. The molecule has 1 aliphatic heterocycles. The number of carbonyl (C=O) groups excluding carboxylic acids is 2. The number of nitrogens with zero attached hydrogens (tertiary/aromatic N) is 1. The van der Waals surface area contributed by atoms with Crippen molar-refractivity contribution < 1.29 is 18.7 Å². The highest BCUT2D eigenvalue weighted by Gasteiger charge is 2.22. The molecule has 0 fully saturated rings. The molecule has 0 radical (unpaired) electrons. The zero-order chi connectivity index (χ0) is 23.9. The van der Waals surface area contributed by atoms with E-state index in [0.717, 1.165) is 18.7 Å². The second-order valence-corrected chi connectivity index (χ2v) is 8.24. The maximum atomic E-state index is 13.5. The van der Waals surface area contributed by atoms with Crippen LogP contribution >= 0.6 is 0 Å². The minimum absolute atomic E-state index is 0.210. The Morgan fingerprint density at radius 1 is 1.00 bits per heavy atom. The second-order valence-electron chi connectivity index (χ2n) is 8.24. The van der Waals surface area contributed by atoms with Gasteiger partial charge >= 0.3 is 0 Å². The molecule has 0 aromatic heterocycles. The van der Waals surface area contributed by atoms with Crippen LogP contribution in [0.25, 0.3) is 0 Å². The van der Waals surface area contributed by atoms with E-state index in [-0.39, 0.29) is 11.5 Å². The van der Waals surface area contributed by atoms with Crippen LogP contribution < -0.4 is 15.5 Å². The van der Waals surface area contributed by atoms with E-state index in [2.05, 4.69) is 27.7 Å². The average Bonchev–Trinajstić information content (AvgIpc) is 2.86. The highest BCUT2D eigenvalue weighted by molar-refractivity contribution is 6.06. The van der Waals surface area contributed by atoms with Crippen LogP contribution in [0.4, 0.5) is 15.8 Å². The van der Waals surface area contributed by atoms with Crippen LogP contribution in [0, 0.1) is 5.82 Å². The van der Waals surface area contributed by atoms with Gasteiger partial charge in [-0.15, -0.1) is 0 Å². The second kappa shape index (κ2) is 10.9. The fraction of sp³-hybridized carbons (Fsp3) is 0.259. The lowest BCUT2D eigenvalue weighted by atomic mass is 9.98. The zero-order valence-electron chi connectivity index (χ0n) is 19.1. The summed E-state index contributed by atoms with van der Waals surface area (Å²) < 4.78 is 18.6. The summed E-state index contributed by atoms with van der Waals surface area (Å²) in [7, 11) is 1.62. The van der Waals surface area contributed by atoms with Gasteiger partial charge in [-0.1, -0.05) is 30.3 Å². The van der Waals surface area contributed by atoms with Crippen LogP contribution in [0.3, 0.4) is 0 Å². The van der Waals surface area contributed by atoms with E-state index in [9.17, 15) is 14.0 Å². The molecule has 1 heterocycles. The first-order valence-corrected chi connectivity index (χ1v) is 11.3. The van der Waals surface area contributed by atoms with E-state index >= 15 is 0 Å². The smallest absolute Gasteiger partial charge is 0.255 e. The van der Waals surface area contributed by atoms with Crippen molar-refractivity contribution in [1.29, 1.82) is 0 Å². The number of nitrogens with one attached hydrogen (secondary N) is 2. The third kappa shape index (κ3) is 5.61. The summed E-state index contributed by atoms with van der Waals surface area (Å²) in [6.45, 7) is 2.53. The van der Waals surface area contributed by atoms with E-state index in [1.54, 1.807) is 25.3 Å². The molecule has 6 nitrogen and oxygen atoms in total. The van der Waals surface area contributed by atoms with E-state index < -0.39 is 11.7 Å². The Balaban J connectivity index is 1.59. The standard InChI is InChI=1S/C27H28FN3O3/c1-34-15-5-13-29-27(33)24-17-23(30-26(32)20-8-4-9-22(28)16-20)10-11-25(24)31-14-12-19-6-2-3-7-21(19)18-31/h2-4,6-11,16-17H,5,12-15,18H2,1H3,(H,29,33)(H,30,32). The largest absolute Gasteiger partial charge is 0.385 e. The third-order valence-corrected chi connectivity index (χ3v) is 5.87. The molecule has 4 rings (SSSR count). The monoisotopic (exact) mass is 461 g/mol. The van der Waals surface area contributed by atoms with Crippen LogP contribution in [0.1, 0.15) is 38.3 Å². The summed E-state index contributed by atoms with van der Waals surface area (Å²) in [6, 6.07) is 19.1. The van der Waals surface area contributed by atoms with Crippen LogP contribution in [0.5, 0.6) is 0 Å². The minimum Gasteiger partial charge on any atom is -0.385 e. The van der Waals surface area contributed by atoms with Crippen molar-refractivity contribution in [3.05, 3.63) is 94.8 Å². The van der Waals surface area contributed by atoms with Gasteiger partial charge in [0.15, 0.2) is 0 Å². The van der Waals surface area contributed by atoms with Crippen molar-refractivity contribution in [2.75, 3.05) is 37.0 Å². The van der Waals surface area contributed by atoms with Crippen molar-refractivity contribution in [3.8, 4) is 0 Å². The van der Waals surface area contributed by atoms with Crippen LogP contribution in [0.15, 0.2) is 66.7 Å². The number of carbonyl (C=O) groups is 2. The van der Waals surface area contributed by atoms with Gasteiger partial charge in [0, 0.05) is 50.3 Å². The van der Waals surface area contributed by atoms with E-state index in [1.165, 1.54) is 29.3 Å². The molecular weight excluding hydrogens is 433 g/mol. The van der Waals surface area contributed by atoms with Gasteiger partial charge in [-0.05, 0) is 60.4 Å². The molecule has 2 N–H and O–H groups in total. The fourth-order valence-corrected chi connectivity index (χ4v) is 4.12. The maximum Gasteiger partial charge on any atom is 0.255 e. The summed E-state index contributed by atoms with van der Waals surface area (Å²) in [4.78, 5) is 27.9. The molecule has 7 heteroatoms. The van der Waals surface area contributed by atoms with Gasteiger partial charge in [0.25, 0.3) is 11.8 Å². The molecule has 0 saturated carbocycles. The summed E-state index contributed by atoms with van der Waals surface area (Å²) in [5.41, 5.74) is 4.53. The molecule has 0 spiro atoms. The highest BCUT2D eigenvalue weighted by Crippen LogP contribution is 2.30. The van der Waals surface area contributed by atoms with Crippen LogP contribution in [0.2, 0.25) is 0 Å². The Bertz CT molecular complexity index is 1180. The number of hydrogen-bond acceptors (Lipinski definition) is 4. The lowest BCUT2D eigenvalue weighted by Crippen LogP contribution is -2.33. The number of hydrogen-bond donors (Lipinski definition) is 2. The van der Waals surface area contributed by atoms with Crippen molar-refractivity contribution in [1.82, 2.24) is 5.32 Å². The Kier molecular flexibility index (Phi) is 7.54. The predicted molar refractivity (Wildman–Crippen MR) is 131 cm³/mol. The maximum absolute atomic E-state index is 13.5. The summed E-state index contributed by atoms with van der Waals surface area (Å²) in [5.74, 6) is -1.14. The SMILES string of the molecule is COCCCNC(=O)c1cc(NC(=O)c2cccc(F)c2)ccc1N1CCc2ccccc2C1. The van der Waals surface area contributed by atoms with Crippen LogP contribution in [-0.4, -0.2) is 38.6 Å². The van der Waals surface area contributed by atoms with E-state index in [0.29, 0.717) is 37.4 Å². The predicted octanol–water partition coefficient (Wildman–Crippen LogP) is 4.41. The molecule has 3 aromatic rings. The zero-order valence-corrected chi connectivity index (χ0v) is 19.1. The fourth-order valence-electron chi connectivity index (χ4n) is 4.12. The molecule has 0 aliphatic carbocycles. The Hall–Kier alpha value is -3.71. The van der Waals surface area contributed by atoms with E-state index in [4.69, 9.17) is 4.74 Å². The summed E-state index contributed by atoms with van der Waals surface area (Å²) >= 11 is 0. The van der Waals surface area contributed by atoms with Crippen molar-refractivity contribution in [2.45, 2.75) is 19.4 Å².